The van der Waals surface area contributed by atoms with Crippen LogP contribution in [0, 0.1) is 5.92 Å². The number of carbonyl (C=O) groups is 2. The summed E-state index contributed by atoms with van der Waals surface area (Å²) in [4.78, 5) is 23.1. The van der Waals surface area contributed by atoms with Gasteiger partial charge in [-0.05, 0) is 48.7 Å². The van der Waals surface area contributed by atoms with Gasteiger partial charge in [-0.1, -0.05) is 19.9 Å². The highest BCUT2D eigenvalue weighted by Gasteiger charge is 2.04. The molecule has 6 nitrogen and oxygen atoms in total. The molecule has 0 bridgehead atoms. The van der Waals surface area contributed by atoms with Crippen molar-refractivity contribution < 1.29 is 14.3 Å². The molecule has 0 fully saturated rings. The average Bonchev–Trinajstić information content (AvgIpc) is 2.61. The topological polar surface area (TPSA) is 79.5 Å². The lowest BCUT2D eigenvalue weighted by Crippen LogP contribution is -2.21. The second kappa shape index (κ2) is 10.2. The number of hydrogen-bond donors (Lipinski definition) is 3. The molecule has 0 unspecified atom stereocenters. The molecule has 0 radical (unpaired) electrons. The Kier molecular flexibility index (Phi) is 7.67. The first-order valence-corrected chi connectivity index (χ1v) is 9.06. The highest BCUT2D eigenvalue weighted by Crippen LogP contribution is 2.18. The van der Waals surface area contributed by atoms with Crippen LogP contribution in [0.5, 0.6) is 5.75 Å². The SMILES string of the molecule is CC(=O)Nc1ccc(NC(=O)CNc2cccc(OCCC(C)C)c2)cc1. The third-order valence-electron chi connectivity index (χ3n) is 3.74. The van der Waals surface area contributed by atoms with E-state index in [4.69, 9.17) is 4.74 Å². The summed E-state index contributed by atoms with van der Waals surface area (Å²) >= 11 is 0. The molecule has 0 saturated heterocycles. The third-order valence-corrected chi connectivity index (χ3v) is 3.74. The van der Waals surface area contributed by atoms with Crippen LogP contribution in [0.3, 0.4) is 0 Å². The Labute approximate surface area is 160 Å². The number of nitrogens with one attached hydrogen (secondary N) is 3. The summed E-state index contributed by atoms with van der Waals surface area (Å²) in [6.07, 6.45) is 1.00. The van der Waals surface area contributed by atoms with E-state index < -0.39 is 0 Å². The molecule has 0 atom stereocenters. The molecule has 144 valence electrons. The number of carbonyl (C=O) groups excluding carboxylic acids is 2. The quantitative estimate of drug-likeness (QED) is 0.621. The van der Waals surface area contributed by atoms with Gasteiger partial charge in [0.25, 0.3) is 0 Å². The van der Waals surface area contributed by atoms with Crippen molar-refractivity contribution >= 4 is 28.9 Å². The summed E-state index contributed by atoms with van der Waals surface area (Å²) in [5.41, 5.74) is 2.18. The van der Waals surface area contributed by atoms with Gasteiger partial charge >= 0.3 is 0 Å². The highest BCUT2D eigenvalue weighted by atomic mass is 16.5. The molecule has 0 aromatic heterocycles. The summed E-state index contributed by atoms with van der Waals surface area (Å²) < 4.78 is 5.73. The second-order valence-corrected chi connectivity index (χ2v) is 6.72. The van der Waals surface area contributed by atoms with Crippen molar-refractivity contribution in [3.05, 3.63) is 48.5 Å². The minimum atomic E-state index is -0.159. The number of rotatable bonds is 9. The second-order valence-electron chi connectivity index (χ2n) is 6.72. The zero-order valence-corrected chi connectivity index (χ0v) is 16.0. The first-order chi connectivity index (χ1) is 12.9. The van der Waals surface area contributed by atoms with Crippen LogP contribution < -0.4 is 20.7 Å². The monoisotopic (exact) mass is 369 g/mol. The molecule has 2 rings (SSSR count). The lowest BCUT2D eigenvalue weighted by molar-refractivity contribution is -0.115. The van der Waals surface area contributed by atoms with Crippen LogP contribution in [-0.2, 0) is 9.59 Å². The van der Waals surface area contributed by atoms with E-state index in [0.29, 0.717) is 23.9 Å². The van der Waals surface area contributed by atoms with Crippen molar-refractivity contribution in [1.82, 2.24) is 0 Å². The molecule has 6 heteroatoms. The standard InChI is InChI=1S/C21H27N3O3/c1-15(2)11-12-27-20-6-4-5-19(13-20)22-14-21(26)24-18-9-7-17(8-10-18)23-16(3)25/h4-10,13,15,22H,11-12,14H2,1-3H3,(H,23,25)(H,24,26). The van der Waals surface area contributed by atoms with Crippen LogP contribution in [-0.4, -0.2) is 25.0 Å². The van der Waals surface area contributed by atoms with Gasteiger partial charge in [0.05, 0.1) is 13.2 Å². The summed E-state index contributed by atoms with van der Waals surface area (Å²) in [5.74, 6) is 1.09. The van der Waals surface area contributed by atoms with Gasteiger partial charge in [0.2, 0.25) is 11.8 Å². The molecule has 0 spiro atoms. The zero-order chi connectivity index (χ0) is 19.6. The van der Waals surface area contributed by atoms with Gasteiger partial charge in [-0.15, -0.1) is 0 Å². The van der Waals surface area contributed by atoms with Crippen LogP contribution in [0.2, 0.25) is 0 Å². The fourth-order valence-electron chi connectivity index (χ4n) is 2.34. The average molecular weight is 369 g/mol. The fraction of sp³-hybridized carbons (Fsp3) is 0.333. The molecular weight excluding hydrogens is 342 g/mol. The molecule has 27 heavy (non-hydrogen) atoms. The molecule has 3 N–H and O–H groups in total. The summed E-state index contributed by atoms with van der Waals surface area (Å²) in [6.45, 7) is 6.59. The van der Waals surface area contributed by atoms with Crippen molar-refractivity contribution in [3.63, 3.8) is 0 Å². The van der Waals surface area contributed by atoms with E-state index in [-0.39, 0.29) is 18.4 Å². The maximum Gasteiger partial charge on any atom is 0.243 e. The van der Waals surface area contributed by atoms with Crippen molar-refractivity contribution in [3.8, 4) is 5.75 Å². The predicted octanol–water partition coefficient (Wildman–Crippen LogP) is 4.12. The van der Waals surface area contributed by atoms with Crippen LogP contribution in [0.4, 0.5) is 17.1 Å². The first-order valence-electron chi connectivity index (χ1n) is 9.06. The first kappa shape index (κ1) is 20.3. The van der Waals surface area contributed by atoms with Gasteiger partial charge in [-0.25, -0.2) is 0 Å². The van der Waals surface area contributed by atoms with Crippen molar-refractivity contribution in [1.29, 1.82) is 0 Å². The van der Waals surface area contributed by atoms with E-state index in [0.717, 1.165) is 17.9 Å². The Hall–Kier alpha value is -3.02. The van der Waals surface area contributed by atoms with Gasteiger partial charge in [0, 0.05) is 30.1 Å². The lowest BCUT2D eigenvalue weighted by Gasteiger charge is -2.11. The third kappa shape index (κ3) is 7.81. The predicted molar refractivity (Wildman–Crippen MR) is 109 cm³/mol. The number of benzene rings is 2. The Balaban J connectivity index is 1.80. The molecule has 0 aliphatic rings. The number of hydrogen-bond acceptors (Lipinski definition) is 4. The summed E-state index contributed by atoms with van der Waals surface area (Å²) in [6, 6.07) is 14.5. The lowest BCUT2D eigenvalue weighted by atomic mass is 10.1. The maximum atomic E-state index is 12.1. The normalized spacial score (nSPS) is 10.4. The molecule has 0 saturated carbocycles. The molecule has 2 aromatic rings. The van der Waals surface area contributed by atoms with Crippen molar-refractivity contribution in [2.45, 2.75) is 27.2 Å². The van der Waals surface area contributed by atoms with E-state index in [2.05, 4.69) is 29.8 Å². The van der Waals surface area contributed by atoms with Crippen molar-refractivity contribution in [2.24, 2.45) is 5.92 Å². The van der Waals surface area contributed by atoms with E-state index >= 15 is 0 Å². The summed E-state index contributed by atoms with van der Waals surface area (Å²) in [5, 5.41) is 8.58. The van der Waals surface area contributed by atoms with Gasteiger partial charge in [-0.3, -0.25) is 9.59 Å². The minimum absolute atomic E-state index is 0.133. The highest BCUT2D eigenvalue weighted by molar-refractivity contribution is 5.94. The van der Waals surface area contributed by atoms with Crippen LogP contribution in [0.25, 0.3) is 0 Å². The number of amides is 2. The van der Waals surface area contributed by atoms with Crippen LogP contribution in [0.1, 0.15) is 27.2 Å². The largest absolute Gasteiger partial charge is 0.494 e. The zero-order valence-electron chi connectivity index (χ0n) is 16.0. The van der Waals surface area contributed by atoms with E-state index in [9.17, 15) is 9.59 Å². The Morgan fingerprint density at radius 3 is 2.26 bits per heavy atom. The Morgan fingerprint density at radius 2 is 1.63 bits per heavy atom. The number of ether oxygens (including phenoxy) is 1. The van der Waals surface area contributed by atoms with Crippen LogP contribution in [0.15, 0.2) is 48.5 Å². The molecule has 0 heterocycles. The summed E-state index contributed by atoms with van der Waals surface area (Å²) in [7, 11) is 0. The van der Waals surface area contributed by atoms with Crippen LogP contribution >= 0.6 is 0 Å². The molecule has 2 amide bonds. The Bertz CT molecular complexity index is 758. The molecular formula is C21H27N3O3. The van der Waals surface area contributed by atoms with E-state index in [1.54, 1.807) is 24.3 Å². The number of anilines is 3. The molecule has 2 aromatic carbocycles. The van der Waals surface area contributed by atoms with Gasteiger partial charge in [0.15, 0.2) is 0 Å². The van der Waals surface area contributed by atoms with Gasteiger partial charge in [0.1, 0.15) is 5.75 Å². The smallest absolute Gasteiger partial charge is 0.243 e. The van der Waals surface area contributed by atoms with Gasteiger partial charge < -0.3 is 20.7 Å². The van der Waals surface area contributed by atoms with E-state index in [1.807, 2.05) is 24.3 Å². The molecule has 0 aliphatic carbocycles. The van der Waals surface area contributed by atoms with Gasteiger partial charge in [-0.2, -0.15) is 0 Å². The minimum Gasteiger partial charge on any atom is -0.494 e. The van der Waals surface area contributed by atoms with Crippen molar-refractivity contribution in [2.75, 3.05) is 29.1 Å². The molecule has 0 aliphatic heterocycles. The Morgan fingerprint density at radius 1 is 0.963 bits per heavy atom. The van der Waals surface area contributed by atoms with E-state index in [1.165, 1.54) is 6.92 Å². The maximum absolute atomic E-state index is 12.1. The fourth-order valence-corrected chi connectivity index (χ4v) is 2.34.